The maximum atomic E-state index is 11.3. The van der Waals surface area contributed by atoms with E-state index in [1.165, 1.54) is 12.1 Å². The highest BCUT2D eigenvalue weighted by atomic mass is 32.2. The quantitative estimate of drug-likeness (QED) is 0.517. The predicted octanol–water partition coefficient (Wildman–Crippen LogP) is -0.403. The van der Waals surface area contributed by atoms with Crippen LogP contribution in [-0.2, 0) is 10.2 Å². The summed E-state index contributed by atoms with van der Waals surface area (Å²) in [7, 11) is -3.66. The first kappa shape index (κ1) is 11.8. The van der Waals surface area contributed by atoms with Crippen molar-refractivity contribution in [3.8, 4) is 5.75 Å². The molecule has 0 unspecified atom stereocenters. The second-order valence-electron chi connectivity index (χ2n) is 2.81. The van der Waals surface area contributed by atoms with E-state index in [-0.39, 0.29) is 24.5 Å². The van der Waals surface area contributed by atoms with Gasteiger partial charge in [0.1, 0.15) is 5.75 Å². The maximum Gasteiger partial charge on any atom is 0.299 e. The molecule has 6 nitrogen and oxygen atoms in total. The van der Waals surface area contributed by atoms with Gasteiger partial charge in [-0.25, -0.2) is 0 Å². The largest absolute Gasteiger partial charge is 0.506 e. The minimum Gasteiger partial charge on any atom is -0.506 e. The monoisotopic (exact) mass is 231 g/mol. The van der Waals surface area contributed by atoms with E-state index in [4.69, 9.17) is 5.73 Å². The van der Waals surface area contributed by atoms with Gasteiger partial charge in [-0.05, 0) is 12.1 Å². The van der Waals surface area contributed by atoms with E-state index in [1.54, 1.807) is 12.1 Å². The van der Waals surface area contributed by atoms with E-state index in [0.29, 0.717) is 0 Å². The zero-order valence-electron chi connectivity index (χ0n) is 7.97. The number of phenols is 1. The summed E-state index contributed by atoms with van der Waals surface area (Å²) < 4.78 is 27.0. The van der Waals surface area contributed by atoms with E-state index < -0.39 is 10.2 Å². The van der Waals surface area contributed by atoms with Crippen molar-refractivity contribution in [1.82, 2.24) is 4.72 Å². The molecule has 5 N–H and O–H groups in total. The number of para-hydroxylation sites is 2. The number of hydrogen-bond donors (Lipinski definition) is 4. The van der Waals surface area contributed by atoms with E-state index in [1.807, 2.05) is 0 Å². The van der Waals surface area contributed by atoms with Crippen LogP contribution in [0.4, 0.5) is 5.69 Å². The summed E-state index contributed by atoms with van der Waals surface area (Å²) in [6.45, 7) is 0.352. The summed E-state index contributed by atoms with van der Waals surface area (Å²) >= 11 is 0. The van der Waals surface area contributed by atoms with E-state index in [2.05, 4.69) is 9.44 Å². The molecular formula is C8H13N3O3S. The lowest BCUT2D eigenvalue weighted by Crippen LogP contribution is -2.33. The standard InChI is InChI=1S/C8H13N3O3S/c9-5-6-10-15(13,14)11-7-3-1-2-4-8(7)12/h1-4,10-12H,5-6,9H2. The molecule has 15 heavy (non-hydrogen) atoms. The second kappa shape index (κ2) is 4.96. The van der Waals surface area contributed by atoms with Crippen molar-refractivity contribution >= 4 is 15.9 Å². The zero-order valence-corrected chi connectivity index (χ0v) is 8.79. The first-order valence-corrected chi connectivity index (χ1v) is 5.79. The van der Waals surface area contributed by atoms with Crippen LogP contribution in [0.25, 0.3) is 0 Å². The summed E-state index contributed by atoms with van der Waals surface area (Å²) in [5, 5.41) is 9.32. The third kappa shape index (κ3) is 3.74. The molecule has 1 rings (SSSR count). The van der Waals surface area contributed by atoms with Crippen LogP contribution in [-0.4, -0.2) is 26.6 Å². The van der Waals surface area contributed by atoms with Crippen LogP contribution in [0.5, 0.6) is 5.75 Å². The fraction of sp³-hybridized carbons (Fsp3) is 0.250. The van der Waals surface area contributed by atoms with Crippen LogP contribution in [0.2, 0.25) is 0 Å². The van der Waals surface area contributed by atoms with Crippen molar-refractivity contribution in [2.45, 2.75) is 0 Å². The molecule has 0 bridgehead atoms. The lowest BCUT2D eigenvalue weighted by Gasteiger charge is -2.09. The van der Waals surface area contributed by atoms with Crippen LogP contribution in [0.15, 0.2) is 24.3 Å². The van der Waals surface area contributed by atoms with Crippen molar-refractivity contribution in [2.75, 3.05) is 17.8 Å². The Bertz CT molecular complexity index is 419. The Balaban J connectivity index is 2.74. The topological polar surface area (TPSA) is 104 Å². The summed E-state index contributed by atoms with van der Waals surface area (Å²) in [4.78, 5) is 0. The van der Waals surface area contributed by atoms with E-state index >= 15 is 0 Å². The molecule has 7 heteroatoms. The molecule has 0 heterocycles. The maximum absolute atomic E-state index is 11.3. The number of rotatable bonds is 5. The Morgan fingerprint density at radius 3 is 2.60 bits per heavy atom. The molecule has 0 aliphatic heterocycles. The fourth-order valence-corrected chi connectivity index (χ4v) is 1.85. The van der Waals surface area contributed by atoms with Gasteiger partial charge in [0.2, 0.25) is 0 Å². The zero-order chi connectivity index (χ0) is 11.3. The van der Waals surface area contributed by atoms with Gasteiger partial charge in [-0.3, -0.25) is 4.72 Å². The first-order valence-electron chi connectivity index (χ1n) is 4.30. The predicted molar refractivity (Wildman–Crippen MR) is 57.7 cm³/mol. The molecule has 84 valence electrons. The van der Waals surface area contributed by atoms with Crippen LogP contribution in [0.1, 0.15) is 0 Å². The highest BCUT2D eigenvalue weighted by molar-refractivity contribution is 7.90. The molecule has 0 radical (unpaired) electrons. The minimum atomic E-state index is -3.66. The van der Waals surface area contributed by atoms with Crippen LogP contribution >= 0.6 is 0 Å². The summed E-state index contributed by atoms with van der Waals surface area (Å²) in [5.74, 6) is -0.129. The molecule has 1 aromatic carbocycles. The van der Waals surface area contributed by atoms with Crippen molar-refractivity contribution in [1.29, 1.82) is 0 Å². The van der Waals surface area contributed by atoms with E-state index in [9.17, 15) is 13.5 Å². The highest BCUT2D eigenvalue weighted by Crippen LogP contribution is 2.21. The van der Waals surface area contributed by atoms with Crippen molar-refractivity contribution in [3.05, 3.63) is 24.3 Å². The Hall–Kier alpha value is -1.31. The average molecular weight is 231 g/mol. The van der Waals surface area contributed by atoms with Crippen molar-refractivity contribution in [3.63, 3.8) is 0 Å². The number of anilines is 1. The van der Waals surface area contributed by atoms with Gasteiger partial charge in [0.25, 0.3) is 10.2 Å². The van der Waals surface area contributed by atoms with Gasteiger partial charge in [0.05, 0.1) is 5.69 Å². The van der Waals surface area contributed by atoms with Gasteiger partial charge >= 0.3 is 0 Å². The average Bonchev–Trinajstić information content (AvgIpc) is 2.18. The highest BCUT2D eigenvalue weighted by Gasteiger charge is 2.10. The number of nitrogens with two attached hydrogens (primary N) is 1. The van der Waals surface area contributed by atoms with Crippen molar-refractivity contribution < 1.29 is 13.5 Å². The summed E-state index contributed by atoms with van der Waals surface area (Å²) in [5.41, 5.74) is 5.28. The lowest BCUT2D eigenvalue weighted by atomic mass is 10.3. The molecule has 0 aromatic heterocycles. The molecule has 0 aliphatic rings. The Morgan fingerprint density at radius 2 is 2.00 bits per heavy atom. The Labute approximate surface area is 88.3 Å². The molecule has 0 aliphatic carbocycles. The van der Waals surface area contributed by atoms with Crippen LogP contribution in [0.3, 0.4) is 0 Å². The van der Waals surface area contributed by atoms with Gasteiger partial charge in [0.15, 0.2) is 0 Å². The van der Waals surface area contributed by atoms with Crippen LogP contribution < -0.4 is 15.2 Å². The van der Waals surface area contributed by atoms with Crippen LogP contribution in [0, 0.1) is 0 Å². The Kier molecular flexibility index (Phi) is 3.89. The van der Waals surface area contributed by atoms with Crippen molar-refractivity contribution in [2.24, 2.45) is 5.73 Å². The lowest BCUT2D eigenvalue weighted by molar-refractivity contribution is 0.477. The molecule has 0 saturated heterocycles. The third-order valence-corrected chi connectivity index (χ3v) is 2.66. The molecule has 0 saturated carbocycles. The van der Waals surface area contributed by atoms with Gasteiger partial charge < -0.3 is 10.8 Å². The van der Waals surface area contributed by atoms with Gasteiger partial charge in [-0.15, -0.1) is 0 Å². The molecule has 0 amide bonds. The number of aromatic hydroxyl groups is 1. The number of benzene rings is 1. The fourth-order valence-electron chi connectivity index (χ4n) is 0.934. The number of phenolic OH excluding ortho intramolecular Hbond substituents is 1. The van der Waals surface area contributed by atoms with Gasteiger partial charge in [-0.2, -0.15) is 13.1 Å². The third-order valence-electron chi connectivity index (χ3n) is 1.58. The smallest absolute Gasteiger partial charge is 0.299 e. The molecular weight excluding hydrogens is 218 g/mol. The minimum absolute atomic E-state index is 0.127. The summed E-state index contributed by atoms with van der Waals surface area (Å²) in [6, 6.07) is 6.05. The SMILES string of the molecule is NCCNS(=O)(=O)Nc1ccccc1O. The van der Waals surface area contributed by atoms with E-state index in [0.717, 1.165) is 0 Å². The molecule has 1 aromatic rings. The van der Waals surface area contributed by atoms with Gasteiger partial charge in [0, 0.05) is 13.1 Å². The molecule has 0 fully saturated rings. The first-order chi connectivity index (χ1) is 7.05. The molecule has 0 spiro atoms. The normalized spacial score (nSPS) is 11.3. The number of nitrogens with one attached hydrogen (secondary N) is 2. The summed E-state index contributed by atoms with van der Waals surface area (Å²) in [6.07, 6.45) is 0. The second-order valence-corrected chi connectivity index (χ2v) is 4.31. The molecule has 0 atom stereocenters. The Morgan fingerprint density at radius 1 is 1.33 bits per heavy atom. The number of hydrogen-bond acceptors (Lipinski definition) is 4. The van der Waals surface area contributed by atoms with Gasteiger partial charge in [-0.1, -0.05) is 12.1 Å².